The molecule has 1 atom stereocenters. The molecule has 1 aliphatic carbocycles. The van der Waals surface area contributed by atoms with E-state index >= 15 is 0 Å². The van der Waals surface area contributed by atoms with Crippen molar-refractivity contribution < 1.29 is 9.59 Å². The maximum Gasteiger partial charge on any atom is 0.255 e. The first kappa shape index (κ1) is 16.4. The van der Waals surface area contributed by atoms with Gasteiger partial charge in [-0.2, -0.15) is 0 Å². The minimum atomic E-state index is -0.201. The highest BCUT2D eigenvalue weighted by Crippen LogP contribution is 2.40. The van der Waals surface area contributed by atoms with Crippen molar-refractivity contribution in [3.8, 4) is 0 Å². The molecule has 2 aliphatic heterocycles. The van der Waals surface area contributed by atoms with E-state index in [2.05, 4.69) is 9.88 Å². The van der Waals surface area contributed by atoms with Gasteiger partial charge in [0.1, 0.15) is 0 Å². The molecule has 3 heterocycles. The van der Waals surface area contributed by atoms with Crippen molar-refractivity contribution in [2.24, 2.45) is 11.3 Å². The summed E-state index contributed by atoms with van der Waals surface area (Å²) in [6.45, 7) is 3.14. The predicted molar refractivity (Wildman–Crippen MR) is 93.2 cm³/mol. The van der Waals surface area contributed by atoms with Crippen molar-refractivity contribution in [3.63, 3.8) is 0 Å². The van der Waals surface area contributed by atoms with Crippen LogP contribution in [0.15, 0.2) is 23.1 Å². The van der Waals surface area contributed by atoms with Gasteiger partial charge in [-0.15, -0.1) is 0 Å². The average Bonchev–Trinajstić information content (AvgIpc) is 3.43. The Kier molecular flexibility index (Phi) is 4.13. The van der Waals surface area contributed by atoms with Gasteiger partial charge in [-0.05, 0) is 44.1 Å². The van der Waals surface area contributed by atoms with Crippen molar-refractivity contribution in [2.45, 2.75) is 38.5 Å². The van der Waals surface area contributed by atoms with Crippen LogP contribution in [0, 0.1) is 11.3 Å². The SMILES string of the molecule is O=C1CC[C@@]2(CCCN(C(=O)c3ccc(=O)[nH]c3)C2)CN1CC1CC1. The summed E-state index contributed by atoms with van der Waals surface area (Å²) in [4.78, 5) is 42.8. The lowest BCUT2D eigenvalue weighted by atomic mass is 9.73. The van der Waals surface area contributed by atoms with Crippen molar-refractivity contribution in [2.75, 3.05) is 26.2 Å². The number of aromatic amines is 1. The van der Waals surface area contributed by atoms with Crippen LogP contribution in [0.25, 0.3) is 0 Å². The molecule has 6 nitrogen and oxygen atoms in total. The Morgan fingerprint density at radius 3 is 2.76 bits per heavy atom. The molecule has 2 saturated heterocycles. The maximum atomic E-state index is 12.8. The number of carbonyl (C=O) groups is 2. The lowest BCUT2D eigenvalue weighted by Crippen LogP contribution is -2.55. The fourth-order valence-corrected chi connectivity index (χ4v) is 4.32. The summed E-state index contributed by atoms with van der Waals surface area (Å²) in [6.07, 6.45) is 7.52. The molecule has 3 fully saturated rings. The molecule has 1 N–H and O–H groups in total. The monoisotopic (exact) mass is 343 g/mol. The lowest BCUT2D eigenvalue weighted by molar-refractivity contribution is -0.139. The van der Waals surface area contributed by atoms with E-state index in [9.17, 15) is 14.4 Å². The van der Waals surface area contributed by atoms with E-state index in [4.69, 9.17) is 0 Å². The van der Waals surface area contributed by atoms with E-state index in [0.29, 0.717) is 24.4 Å². The van der Waals surface area contributed by atoms with Gasteiger partial charge < -0.3 is 14.8 Å². The zero-order valence-corrected chi connectivity index (χ0v) is 14.5. The summed E-state index contributed by atoms with van der Waals surface area (Å²) >= 11 is 0. The minimum Gasteiger partial charge on any atom is -0.342 e. The molecule has 25 heavy (non-hydrogen) atoms. The highest BCUT2D eigenvalue weighted by Gasteiger charge is 2.43. The molecule has 1 aromatic heterocycles. The highest BCUT2D eigenvalue weighted by molar-refractivity contribution is 5.94. The second-order valence-corrected chi connectivity index (χ2v) is 7.99. The first-order valence-electron chi connectivity index (χ1n) is 9.31. The summed E-state index contributed by atoms with van der Waals surface area (Å²) in [6, 6.07) is 2.98. The van der Waals surface area contributed by atoms with Gasteiger partial charge in [0.05, 0.1) is 5.56 Å². The summed E-state index contributed by atoms with van der Waals surface area (Å²) in [5.41, 5.74) is 0.366. The van der Waals surface area contributed by atoms with Crippen LogP contribution in [-0.4, -0.2) is 52.8 Å². The lowest BCUT2D eigenvalue weighted by Gasteiger charge is -2.48. The largest absolute Gasteiger partial charge is 0.342 e. The number of nitrogens with zero attached hydrogens (tertiary/aromatic N) is 2. The third kappa shape index (κ3) is 3.48. The summed E-state index contributed by atoms with van der Waals surface area (Å²) in [7, 11) is 0. The molecule has 134 valence electrons. The molecule has 1 spiro atoms. The number of hydrogen-bond donors (Lipinski definition) is 1. The van der Waals surface area contributed by atoms with Crippen molar-refractivity contribution in [1.29, 1.82) is 0 Å². The number of piperidine rings is 2. The first-order chi connectivity index (χ1) is 12.0. The number of aromatic nitrogens is 1. The fraction of sp³-hybridized carbons (Fsp3) is 0.632. The molecule has 0 bridgehead atoms. The van der Waals surface area contributed by atoms with Gasteiger partial charge in [-0.3, -0.25) is 14.4 Å². The van der Waals surface area contributed by atoms with E-state index in [1.165, 1.54) is 25.1 Å². The van der Waals surface area contributed by atoms with Gasteiger partial charge in [-0.1, -0.05) is 0 Å². The fourth-order valence-electron chi connectivity index (χ4n) is 4.32. The number of amides is 2. The number of carbonyl (C=O) groups excluding carboxylic acids is 2. The van der Waals surface area contributed by atoms with Crippen LogP contribution in [-0.2, 0) is 4.79 Å². The quantitative estimate of drug-likeness (QED) is 0.906. The van der Waals surface area contributed by atoms with Crippen LogP contribution in [0.3, 0.4) is 0 Å². The van der Waals surface area contributed by atoms with Gasteiger partial charge >= 0.3 is 0 Å². The number of likely N-dealkylation sites (tertiary alicyclic amines) is 2. The molecule has 6 heteroatoms. The minimum absolute atomic E-state index is 0.0269. The molecule has 1 aromatic rings. The molecular formula is C19H25N3O3. The Bertz CT molecular complexity index is 719. The zero-order valence-electron chi connectivity index (χ0n) is 14.5. The topological polar surface area (TPSA) is 73.5 Å². The number of hydrogen-bond acceptors (Lipinski definition) is 3. The molecule has 2 amide bonds. The van der Waals surface area contributed by atoms with Crippen LogP contribution in [0.2, 0.25) is 0 Å². The third-order valence-electron chi connectivity index (χ3n) is 5.90. The number of pyridine rings is 1. The normalized spacial score (nSPS) is 27.0. The van der Waals surface area contributed by atoms with Gasteiger partial charge in [0.15, 0.2) is 0 Å². The summed E-state index contributed by atoms with van der Waals surface area (Å²) < 4.78 is 0. The highest BCUT2D eigenvalue weighted by atomic mass is 16.2. The Hall–Kier alpha value is -2.11. The molecule has 3 aliphatic rings. The molecule has 4 rings (SSSR count). The van der Waals surface area contributed by atoms with Gasteiger partial charge in [-0.25, -0.2) is 0 Å². The maximum absolute atomic E-state index is 12.8. The third-order valence-corrected chi connectivity index (χ3v) is 5.90. The van der Waals surface area contributed by atoms with Gasteiger partial charge in [0.2, 0.25) is 11.5 Å². The Morgan fingerprint density at radius 1 is 1.20 bits per heavy atom. The van der Waals surface area contributed by atoms with Crippen molar-refractivity contribution in [3.05, 3.63) is 34.2 Å². The van der Waals surface area contributed by atoms with E-state index in [1.807, 2.05) is 4.90 Å². The van der Waals surface area contributed by atoms with Crippen LogP contribution in [0.1, 0.15) is 48.9 Å². The Labute approximate surface area is 147 Å². The molecular weight excluding hydrogens is 318 g/mol. The number of H-pyrrole nitrogens is 1. The van der Waals surface area contributed by atoms with Crippen LogP contribution in [0.5, 0.6) is 0 Å². The second-order valence-electron chi connectivity index (χ2n) is 7.99. The molecule has 0 unspecified atom stereocenters. The smallest absolute Gasteiger partial charge is 0.255 e. The van der Waals surface area contributed by atoms with E-state index in [1.54, 1.807) is 6.07 Å². The van der Waals surface area contributed by atoms with Crippen molar-refractivity contribution >= 4 is 11.8 Å². The second kappa shape index (κ2) is 6.32. The molecule has 0 radical (unpaired) electrons. The van der Waals surface area contributed by atoms with Crippen molar-refractivity contribution in [1.82, 2.24) is 14.8 Å². The van der Waals surface area contributed by atoms with E-state index in [-0.39, 0.29) is 22.8 Å². The van der Waals surface area contributed by atoms with Gasteiger partial charge in [0, 0.05) is 50.3 Å². The Balaban J connectivity index is 1.47. The summed E-state index contributed by atoms with van der Waals surface area (Å²) in [5, 5.41) is 0. The van der Waals surface area contributed by atoms with Gasteiger partial charge in [0.25, 0.3) is 5.91 Å². The van der Waals surface area contributed by atoms with E-state index in [0.717, 1.165) is 38.9 Å². The van der Waals surface area contributed by atoms with Crippen LogP contribution in [0.4, 0.5) is 0 Å². The van der Waals surface area contributed by atoms with E-state index < -0.39 is 0 Å². The predicted octanol–water partition coefficient (Wildman–Crippen LogP) is 1.63. The van der Waals surface area contributed by atoms with Crippen LogP contribution < -0.4 is 5.56 Å². The standard InChI is InChI=1S/C19H25N3O3/c23-16-5-4-15(10-20-16)18(25)21-9-1-7-19(12-21)8-6-17(24)22(13-19)11-14-2-3-14/h4-5,10,14H,1-3,6-9,11-13H2,(H,20,23)/t19-/m1/s1. The summed E-state index contributed by atoms with van der Waals surface area (Å²) in [5.74, 6) is 0.948. The number of rotatable bonds is 3. The average molecular weight is 343 g/mol. The first-order valence-corrected chi connectivity index (χ1v) is 9.31. The zero-order chi connectivity index (χ0) is 17.4. The molecule has 1 saturated carbocycles. The Morgan fingerprint density at radius 2 is 2.04 bits per heavy atom. The molecule has 0 aromatic carbocycles. The number of nitrogens with one attached hydrogen (secondary N) is 1. The van der Waals surface area contributed by atoms with Crippen LogP contribution >= 0.6 is 0 Å².